The number of Topliss-reactive ketones (excluding diaryl/α,β-unsaturated/α-hetero) is 1. The fraction of sp³-hybridized carbons (Fsp3) is 0.400. The first-order chi connectivity index (χ1) is 14.6. The van der Waals surface area contributed by atoms with Crippen LogP contribution in [0, 0.1) is 19.3 Å². The first kappa shape index (κ1) is 21.1. The Hall–Kier alpha value is -3.15. The van der Waals surface area contributed by atoms with Gasteiger partial charge in [0.05, 0.1) is 31.6 Å². The average Bonchev–Trinajstić information content (AvgIpc) is 2.84. The van der Waals surface area contributed by atoms with Crippen LogP contribution in [0.2, 0.25) is 0 Å². The van der Waals surface area contributed by atoms with Gasteiger partial charge in [-0.1, -0.05) is 13.8 Å². The molecule has 0 spiro atoms. The van der Waals surface area contributed by atoms with Crippen molar-refractivity contribution in [2.75, 3.05) is 24.9 Å². The van der Waals surface area contributed by atoms with Gasteiger partial charge in [0.2, 0.25) is 5.75 Å². The van der Waals surface area contributed by atoms with Crippen LogP contribution in [-0.4, -0.2) is 25.1 Å². The summed E-state index contributed by atoms with van der Waals surface area (Å²) in [5, 5.41) is 17.5. The lowest BCUT2D eigenvalue weighted by Gasteiger charge is -2.34. The van der Waals surface area contributed by atoms with Crippen LogP contribution in [0.15, 0.2) is 35.5 Å². The molecule has 0 radical (unpaired) electrons. The number of hydrogen-bond donors (Lipinski definition) is 3. The van der Waals surface area contributed by atoms with E-state index in [1.807, 2.05) is 0 Å². The highest BCUT2D eigenvalue weighted by Gasteiger charge is 2.39. The molecular formula is C25H30N2O4. The van der Waals surface area contributed by atoms with Crippen LogP contribution < -0.4 is 20.1 Å². The molecule has 2 aromatic rings. The normalized spacial score (nSPS) is 19.5. The molecule has 6 nitrogen and oxygen atoms in total. The molecule has 0 fully saturated rings. The molecule has 0 amide bonds. The first-order valence-electron chi connectivity index (χ1n) is 10.5. The Kier molecular flexibility index (Phi) is 5.12. The molecule has 0 aromatic heterocycles. The zero-order valence-corrected chi connectivity index (χ0v) is 19.0. The summed E-state index contributed by atoms with van der Waals surface area (Å²) in [4.78, 5) is 13.4. The third-order valence-electron chi connectivity index (χ3n) is 6.26. The highest BCUT2D eigenvalue weighted by molar-refractivity contribution is 6.01. The summed E-state index contributed by atoms with van der Waals surface area (Å²) < 4.78 is 10.8. The molecule has 4 rings (SSSR count). The number of ketones is 1. The SMILES string of the molecule is COc1cc([C@@H]2Nc3cc(C)c(C)cc3NC3=C2C(=O)CC(C)(C)C3)cc(OC)c1O. The highest BCUT2D eigenvalue weighted by atomic mass is 16.5. The smallest absolute Gasteiger partial charge is 0.200 e. The van der Waals surface area contributed by atoms with Gasteiger partial charge in [-0.2, -0.15) is 0 Å². The lowest BCUT2D eigenvalue weighted by atomic mass is 9.73. The van der Waals surface area contributed by atoms with Crippen LogP contribution in [0.4, 0.5) is 11.4 Å². The third-order valence-corrected chi connectivity index (χ3v) is 6.26. The number of aromatic hydroxyl groups is 1. The van der Waals surface area contributed by atoms with E-state index in [4.69, 9.17) is 9.47 Å². The second-order valence-corrected chi connectivity index (χ2v) is 9.29. The average molecular weight is 423 g/mol. The molecule has 1 aliphatic carbocycles. The maximum Gasteiger partial charge on any atom is 0.200 e. The number of carbonyl (C=O) groups is 1. The lowest BCUT2D eigenvalue weighted by Crippen LogP contribution is -2.31. The molecule has 1 atom stereocenters. The van der Waals surface area contributed by atoms with Gasteiger partial charge >= 0.3 is 0 Å². The molecule has 31 heavy (non-hydrogen) atoms. The number of nitrogens with one attached hydrogen (secondary N) is 2. The monoisotopic (exact) mass is 422 g/mol. The number of aryl methyl sites for hydroxylation is 2. The van der Waals surface area contributed by atoms with Crippen molar-refractivity contribution < 1.29 is 19.4 Å². The number of carbonyl (C=O) groups excluding carboxylic acids is 1. The maximum absolute atomic E-state index is 13.4. The second-order valence-electron chi connectivity index (χ2n) is 9.29. The van der Waals surface area contributed by atoms with Crippen molar-refractivity contribution in [3.63, 3.8) is 0 Å². The van der Waals surface area contributed by atoms with E-state index >= 15 is 0 Å². The lowest BCUT2D eigenvalue weighted by molar-refractivity contribution is -0.118. The number of phenolic OH excluding ortho intramolecular Hbond substituents is 1. The number of anilines is 2. The van der Waals surface area contributed by atoms with Crippen molar-refractivity contribution in [3.05, 3.63) is 52.2 Å². The predicted octanol–water partition coefficient (Wildman–Crippen LogP) is 5.25. The molecule has 1 aliphatic heterocycles. The van der Waals surface area contributed by atoms with Gasteiger partial charge < -0.3 is 25.2 Å². The summed E-state index contributed by atoms with van der Waals surface area (Å²) in [5.74, 6) is 0.667. The Bertz CT molecular complexity index is 1080. The number of fused-ring (bicyclic) bond motifs is 1. The molecule has 164 valence electrons. The fourth-order valence-electron chi connectivity index (χ4n) is 4.54. The van der Waals surface area contributed by atoms with E-state index < -0.39 is 6.04 Å². The molecule has 3 N–H and O–H groups in total. The standard InChI is InChI=1S/C25H30N2O4/c1-13-7-16-17(8-14(13)2)27-23(15-9-20(30-5)24(29)21(10-15)31-6)22-18(26-16)11-25(3,4)12-19(22)28/h7-10,23,26-27,29H,11-12H2,1-6H3/t23-/m0/s1. The summed E-state index contributed by atoms with van der Waals surface area (Å²) in [5.41, 5.74) is 6.57. The molecule has 0 saturated heterocycles. The molecule has 1 heterocycles. The topological polar surface area (TPSA) is 79.8 Å². The molecule has 0 saturated carbocycles. The zero-order valence-electron chi connectivity index (χ0n) is 19.0. The molecule has 2 aromatic carbocycles. The highest BCUT2D eigenvalue weighted by Crippen LogP contribution is 2.48. The van der Waals surface area contributed by atoms with Crippen LogP contribution in [0.25, 0.3) is 0 Å². The van der Waals surface area contributed by atoms with Gasteiger partial charge in [-0.05, 0) is 66.6 Å². The van der Waals surface area contributed by atoms with Crippen molar-refractivity contribution in [1.82, 2.24) is 0 Å². The minimum atomic E-state index is -0.405. The molecule has 2 aliphatic rings. The van der Waals surface area contributed by atoms with Crippen molar-refractivity contribution >= 4 is 17.2 Å². The van der Waals surface area contributed by atoms with Crippen LogP contribution in [0.3, 0.4) is 0 Å². The van der Waals surface area contributed by atoms with E-state index in [-0.39, 0.29) is 16.9 Å². The van der Waals surface area contributed by atoms with Crippen LogP contribution in [0.1, 0.15) is 49.4 Å². The summed E-state index contributed by atoms with van der Waals surface area (Å²) in [6, 6.07) is 7.35. The van der Waals surface area contributed by atoms with Crippen LogP contribution in [0.5, 0.6) is 17.2 Å². The zero-order chi connectivity index (χ0) is 22.5. The minimum absolute atomic E-state index is 0.0577. The Labute approximate surface area is 183 Å². The van der Waals surface area contributed by atoms with Crippen molar-refractivity contribution in [3.8, 4) is 17.2 Å². The molecule has 0 unspecified atom stereocenters. The van der Waals surface area contributed by atoms with Crippen molar-refractivity contribution in [2.45, 2.75) is 46.6 Å². The van der Waals surface area contributed by atoms with Gasteiger partial charge in [0.1, 0.15) is 0 Å². The minimum Gasteiger partial charge on any atom is -0.502 e. The number of methoxy groups -OCH3 is 2. The Balaban J connectivity index is 1.94. The maximum atomic E-state index is 13.4. The van der Waals surface area contributed by atoms with Gasteiger partial charge in [-0.25, -0.2) is 0 Å². The summed E-state index contributed by atoms with van der Waals surface area (Å²) >= 11 is 0. The molecule has 0 bridgehead atoms. The second kappa shape index (κ2) is 7.52. The number of hydrogen-bond acceptors (Lipinski definition) is 6. The van der Waals surface area contributed by atoms with Crippen molar-refractivity contribution in [2.24, 2.45) is 5.41 Å². The molecule has 6 heteroatoms. The molecular weight excluding hydrogens is 392 g/mol. The number of benzene rings is 2. The number of ether oxygens (including phenoxy) is 2. The third kappa shape index (κ3) is 3.71. The van der Waals surface area contributed by atoms with Crippen molar-refractivity contribution in [1.29, 1.82) is 0 Å². The van der Waals surface area contributed by atoms with E-state index in [2.05, 4.69) is 50.5 Å². The van der Waals surface area contributed by atoms with Crippen LogP contribution in [-0.2, 0) is 4.79 Å². The van der Waals surface area contributed by atoms with E-state index in [9.17, 15) is 9.90 Å². The van der Waals surface area contributed by atoms with Gasteiger partial charge in [-0.15, -0.1) is 0 Å². The summed E-state index contributed by atoms with van der Waals surface area (Å²) in [6.45, 7) is 8.40. The van der Waals surface area contributed by atoms with Gasteiger partial charge in [0.25, 0.3) is 0 Å². The van der Waals surface area contributed by atoms with Gasteiger partial charge in [0, 0.05) is 17.7 Å². The Morgan fingerprint density at radius 3 is 2.13 bits per heavy atom. The Morgan fingerprint density at radius 1 is 0.968 bits per heavy atom. The number of phenols is 1. The fourth-order valence-corrected chi connectivity index (χ4v) is 4.54. The van der Waals surface area contributed by atoms with E-state index in [1.165, 1.54) is 25.3 Å². The largest absolute Gasteiger partial charge is 0.502 e. The predicted molar refractivity (Wildman–Crippen MR) is 122 cm³/mol. The van der Waals surface area contributed by atoms with E-state index in [0.29, 0.717) is 17.9 Å². The van der Waals surface area contributed by atoms with E-state index in [1.54, 1.807) is 12.1 Å². The first-order valence-corrected chi connectivity index (χ1v) is 10.5. The summed E-state index contributed by atoms with van der Waals surface area (Å²) in [6.07, 6.45) is 1.25. The van der Waals surface area contributed by atoms with Crippen LogP contribution >= 0.6 is 0 Å². The van der Waals surface area contributed by atoms with E-state index in [0.717, 1.165) is 34.6 Å². The number of rotatable bonds is 3. The van der Waals surface area contributed by atoms with Gasteiger partial charge in [-0.3, -0.25) is 4.79 Å². The number of allylic oxidation sites excluding steroid dienone is 1. The quantitative estimate of drug-likeness (QED) is 0.627. The van der Waals surface area contributed by atoms with Gasteiger partial charge in [0.15, 0.2) is 17.3 Å². The summed E-state index contributed by atoms with van der Waals surface area (Å²) in [7, 11) is 3.00. The Morgan fingerprint density at radius 2 is 1.55 bits per heavy atom.